The number of nitrogen functional groups attached to an aromatic ring is 1. The van der Waals surface area contributed by atoms with E-state index in [-0.39, 0.29) is 6.17 Å². The molecule has 2 N–H and O–H groups in total. The maximum atomic E-state index is 5.49. The Morgan fingerprint density at radius 2 is 2.42 bits per heavy atom. The predicted molar refractivity (Wildman–Crippen MR) is 50.9 cm³/mol. The van der Waals surface area contributed by atoms with Crippen molar-refractivity contribution in [1.82, 2.24) is 4.98 Å². The molecule has 12 heavy (non-hydrogen) atoms. The molecule has 0 aliphatic carbocycles. The largest absolute Gasteiger partial charge is 0.375 e. The SMILES string of the molecule is CC1=NC(c2csc(N)n2)N=C1. The van der Waals surface area contributed by atoms with Crippen LogP contribution in [-0.2, 0) is 0 Å². The van der Waals surface area contributed by atoms with Gasteiger partial charge in [0.15, 0.2) is 11.3 Å². The van der Waals surface area contributed by atoms with Crippen molar-refractivity contribution in [1.29, 1.82) is 0 Å². The topological polar surface area (TPSA) is 63.6 Å². The van der Waals surface area contributed by atoms with Crippen molar-refractivity contribution in [3.05, 3.63) is 11.1 Å². The minimum absolute atomic E-state index is 0.154. The van der Waals surface area contributed by atoms with Crippen LogP contribution < -0.4 is 5.73 Å². The summed E-state index contributed by atoms with van der Waals surface area (Å²) in [5.41, 5.74) is 7.26. The molecular formula is C7H8N4S. The molecule has 0 saturated heterocycles. The van der Waals surface area contributed by atoms with E-state index >= 15 is 0 Å². The van der Waals surface area contributed by atoms with E-state index in [1.54, 1.807) is 6.21 Å². The molecule has 1 aromatic rings. The average molecular weight is 180 g/mol. The number of aliphatic imine (C=N–C) groups is 2. The van der Waals surface area contributed by atoms with E-state index in [1.807, 2.05) is 12.3 Å². The summed E-state index contributed by atoms with van der Waals surface area (Å²) in [6.45, 7) is 1.92. The summed E-state index contributed by atoms with van der Waals surface area (Å²) in [5, 5.41) is 2.46. The molecule has 1 aliphatic rings. The Morgan fingerprint density at radius 3 is 2.92 bits per heavy atom. The van der Waals surface area contributed by atoms with Gasteiger partial charge in [0, 0.05) is 11.6 Å². The van der Waals surface area contributed by atoms with E-state index in [0.717, 1.165) is 11.4 Å². The summed E-state index contributed by atoms with van der Waals surface area (Å²) < 4.78 is 0. The molecule has 4 nitrogen and oxygen atoms in total. The molecule has 0 amide bonds. The quantitative estimate of drug-likeness (QED) is 0.707. The van der Waals surface area contributed by atoms with Gasteiger partial charge in [0.05, 0.1) is 5.71 Å². The van der Waals surface area contributed by atoms with Crippen LogP contribution in [0.4, 0.5) is 5.13 Å². The van der Waals surface area contributed by atoms with E-state index in [2.05, 4.69) is 15.0 Å². The highest BCUT2D eigenvalue weighted by molar-refractivity contribution is 7.13. The van der Waals surface area contributed by atoms with Gasteiger partial charge in [-0.2, -0.15) is 0 Å². The summed E-state index contributed by atoms with van der Waals surface area (Å²) in [4.78, 5) is 12.5. The third-order valence-electron chi connectivity index (χ3n) is 1.53. The van der Waals surface area contributed by atoms with Crippen LogP contribution in [0.5, 0.6) is 0 Å². The molecule has 0 fully saturated rings. The van der Waals surface area contributed by atoms with Gasteiger partial charge in [0.25, 0.3) is 0 Å². The minimum atomic E-state index is -0.154. The summed E-state index contributed by atoms with van der Waals surface area (Å²) in [5.74, 6) is 0. The van der Waals surface area contributed by atoms with Crippen LogP contribution in [-0.4, -0.2) is 16.9 Å². The van der Waals surface area contributed by atoms with Crippen LogP contribution in [0.2, 0.25) is 0 Å². The van der Waals surface area contributed by atoms with Gasteiger partial charge in [-0.1, -0.05) is 0 Å². The molecule has 1 aliphatic heterocycles. The number of hydrogen-bond acceptors (Lipinski definition) is 5. The van der Waals surface area contributed by atoms with Crippen LogP contribution in [0, 0.1) is 0 Å². The highest BCUT2D eigenvalue weighted by atomic mass is 32.1. The molecule has 0 spiro atoms. The molecule has 5 heteroatoms. The van der Waals surface area contributed by atoms with Crippen molar-refractivity contribution in [3.8, 4) is 0 Å². The first kappa shape index (κ1) is 7.42. The lowest BCUT2D eigenvalue weighted by molar-refractivity contribution is 0.774. The average Bonchev–Trinajstić information content (AvgIpc) is 2.58. The second-order valence-corrected chi connectivity index (χ2v) is 3.42. The molecule has 62 valence electrons. The number of nitrogens with zero attached hydrogens (tertiary/aromatic N) is 3. The zero-order valence-corrected chi connectivity index (χ0v) is 7.38. The number of hydrogen-bond donors (Lipinski definition) is 1. The van der Waals surface area contributed by atoms with Crippen molar-refractivity contribution >= 4 is 28.4 Å². The van der Waals surface area contributed by atoms with Crippen LogP contribution in [0.3, 0.4) is 0 Å². The summed E-state index contributed by atoms with van der Waals surface area (Å²) in [6.07, 6.45) is 1.60. The Kier molecular flexibility index (Phi) is 1.65. The number of nitrogens with two attached hydrogens (primary N) is 1. The van der Waals surface area contributed by atoms with Gasteiger partial charge in [-0.15, -0.1) is 11.3 Å². The summed E-state index contributed by atoms with van der Waals surface area (Å²) in [6, 6.07) is 0. The second kappa shape index (κ2) is 2.67. The Morgan fingerprint density at radius 1 is 1.58 bits per heavy atom. The van der Waals surface area contributed by atoms with Gasteiger partial charge in [-0.3, -0.25) is 9.98 Å². The van der Waals surface area contributed by atoms with Crippen molar-refractivity contribution in [2.75, 3.05) is 5.73 Å². The first-order valence-electron chi connectivity index (χ1n) is 3.54. The third-order valence-corrected chi connectivity index (χ3v) is 2.22. The lowest BCUT2D eigenvalue weighted by atomic mass is 10.4. The minimum Gasteiger partial charge on any atom is -0.375 e. The normalized spacial score (nSPS) is 21.4. The molecule has 0 bridgehead atoms. The molecule has 0 saturated carbocycles. The number of aromatic nitrogens is 1. The Labute approximate surface area is 73.9 Å². The molecule has 0 aromatic carbocycles. The molecule has 0 radical (unpaired) electrons. The van der Waals surface area contributed by atoms with Crippen LogP contribution >= 0.6 is 11.3 Å². The Balaban J connectivity index is 2.28. The second-order valence-electron chi connectivity index (χ2n) is 2.53. The fourth-order valence-electron chi connectivity index (χ4n) is 1.000. The molecule has 1 unspecified atom stereocenters. The molecule has 2 heterocycles. The Hall–Kier alpha value is -1.23. The number of rotatable bonds is 1. The standard InChI is InChI=1S/C7H8N4S/c1-4-2-9-6(10-4)5-3-12-7(8)11-5/h2-3,6H,1H3,(H2,8,11). The lowest BCUT2D eigenvalue weighted by Gasteiger charge is -1.96. The van der Waals surface area contributed by atoms with Crippen molar-refractivity contribution < 1.29 is 0 Å². The highest BCUT2D eigenvalue weighted by Gasteiger charge is 2.14. The van der Waals surface area contributed by atoms with Crippen LogP contribution in [0.1, 0.15) is 18.8 Å². The number of anilines is 1. The van der Waals surface area contributed by atoms with Crippen molar-refractivity contribution in [3.63, 3.8) is 0 Å². The van der Waals surface area contributed by atoms with Crippen molar-refractivity contribution in [2.45, 2.75) is 13.1 Å². The van der Waals surface area contributed by atoms with Gasteiger partial charge in [-0.05, 0) is 6.92 Å². The van der Waals surface area contributed by atoms with Gasteiger partial charge < -0.3 is 5.73 Å². The van der Waals surface area contributed by atoms with Crippen LogP contribution in [0.15, 0.2) is 15.4 Å². The summed E-state index contributed by atoms with van der Waals surface area (Å²) in [7, 11) is 0. The van der Waals surface area contributed by atoms with E-state index in [1.165, 1.54) is 11.3 Å². The fraction of sp³-hybridized carbons (Fsp3) is 0.286. The molecule has 1 aromatic heterocycles. The van der Waals surface area contributed by atoms with Crippen molar-refractivity contribution in [2.24, 2.45) is 9.98 Å². The third kappa shape index (κ3) is 1.23. The summed E-state index contributed by atoms with van der Waals surface area (Å²) >= 11 is 1.42. The first-order chi connectivity index (χ1) is 5.75. The maximum absolute atomic E-state index is 5.49. The van der Waals surface area contributed by atoms with E-state index in [0.29, 0.717) is 5.13 Å². The zero-order chi connectivity index (χ0) is 8.55. The van der Waals surface area contributed by atoms with Crippen LogP contribution in [0.25, 0.3) is 0 Å². The molecule has 2 rings (SSSR count). The fourth-order valence-corrected chi connectivity index (χ4v) is 1.57. The monoisotopic (exact) mass is 180 g/mol. The van der Waals surface area contributed by atoms with E-state index in [9.17, 15) is 0 Å². The van der Waals surface area contributed by atoms with E-state index in [4.69, 9.17) is 5.73 Å². The first-order valence-corrected chi connectivity index (χ1v) is 4.42. The Bertz CT molecular complexity index is 352. The molecule has 1 atom stereocenters. The van der Waals surface area contributed by atoms with Gasteiger partial charge in [-0.25, -0.2) is 4.98 Å². The van der Waals surface area contributed by atoms with Gasteiger partial charge in [0.1, 0.15) is 5.69 Å². The number of thiazole rings is 1. The highest BCUT2D eigenvalue weighted by Crippen LogP contribution is 2.24. The van der Waals surface area contributed by atoms with Gasteiger partial charge >= 0.3 is 0 Å². The maximum Gasteiger partial charge on any atom is 0.182 e. The zero-order valence-electron chi connectivity index (χ0n) is 6.56. The predicted octanol–water partition coefficient (Wildman–Crippen LogP) is 1.27. The molecular weight excluding hydrogens is 172 g/mol. The lowest BCUT2D eigenvalue weighted by Crippen LogP contribution is -1.90. The smallest absolute Gasteiger partial charge is 0.182 e. The van der Waals surface area contributed by atoms with Gasteiger partial charge in [0.2, 0.25) is 0 Å². The van der Waals surface area contributed by atoms with E-state index < -0.39 is 0 Å².